The Hall–Kier alpha value is -1.14. The van der Waals surface area contributed by atoms with Crippen molar-refractivity contribution in [2.75, 3.05) is 18.5 Å². The minimum absolute atomic E-state index is 0.160. The number of anilines is 1. The number of esters is 1. The lowest BCUT2D eigenvalue weighted by atomic mass is 10.2. The number of nitrogens with two attached hydrogens (primary N) is 1. The fourth-order valence-electron chi connectivity index (χ4n) is 1.50. The number of ether oxygens (including phenoxy) is 1. The maximum atomic E-state index is 11.2. The highest BCUT2D eigenvalue weighted by atomic mass is 79.9. The van der Waals surface area contributed by atoms with Crippen molar-refractivity contribution >= 4 is 44.8 Å². The predicted octanol–water partition coefficient (Wildman–Crippen LogP) is 2.84. The van der Waals surface area contributed by atoms with Gasteiger partial charge in [-0.25, -0.2) is 0 Å². The van der Waals surface area contributed by atoms with Crippen molar-refractivity contribution in [3.63, 3.8) is 0 Å². The first kappa shape index (κ1) is 15.9. The summed E-state index contributed by atoms with van der Waals surface area (Å²) in [5.41, 5.74) is 7.32. The molecule has 0 unspecified atom stereocenters. The third-order valence-electron chi connectivity index (χ3n) is 2.43. The van der Waals surface area contributed by atoms with Crippen LogP contribution in [-0.4, -0.2) is 24.1 Å². The summed E-state index contributed by atoms with van der Waals surface area (Å²) < 4.78 is 5.75. The summed E-state index contributed by atoms with van der Waals surface area (Å²) >= 11 is 8.36. The van der Waals surface area contributed by atoms with Crippen LogP contribution in [0, 0.1) is 0 Å². The molecule has 3 N–H and O–H groups in total. The van der Waals surface area contributed by atoms with Gasteiger partial charge in [0, 0.05) is 28.7 Å². The van der Waals surface area contributed by atoms with Gasteiger partial charge < -0.3 is 15.8 Å². The van der Waals surface area contributed by atoms with Crippen molar-refractivity contribution in [3.8, 4) is 0 Å². The van der Waals surface area contributed by atoms with Crippen LogP contribution >= 0.6 is 28.1 Å². The van der Waals surface area contributed by atoms with Crippen molar-refractivity contribution in [1.82, 2.24) is 0 Å². The van der Waals surface area contributed by atoms with E-state index in [1.165, 1.54) is 0 Å². The molecule has 104 valence electrons. The molecule has 0 aromatic heterocycles. The molecule has 1 aromatic carbocycles. The molecule has 4 nitrogen and oxygen atoms in total. The monoisotopic (exact) mass is 344 g/mol. The lowest BCUT2D eigenvalue weighted by Gasteiger charge is -2.09. The standard InChI is InChI=1S/C13H17BrN2O2S/c1-2-18-12(17)4-3-7-16-11-6-5-9(13(15)19)8-10(11)14/h5-6,8,16H,2-4,7H2,1H3,(H2,15,19). The molecule has 0 saturated carbocycles. The Morgan fingerprint density at radius 1 is 1.53 bits per heavy atom. The SMILES string of the molecule is CCOC(=O)CCCNc1ccc(C(N)=S)cc1Br. The van der Waals surface area contributed by atoms with E-state index in [1.54, 1.807) is 6.92 Å². The molecule has 19 heavy (non-hydrogen) atoms. The lowest BCUT2D eigenvalue weighted by Crippen LogP contribution is -2.10. The van der Waals surface area contributed by atoms with E-state index < -0.39 is 0 Å². The van der Waals surface area contributed by atoms with Gasteiger partial charge in [0.25, 0.3) is 0 Å². The number of carbonyl (C=O) groups is 1. The van der Waals surface area contributed by atoms with Crippen LogP contribution in [0.2, 0.25) is 0 Å². The van der Waals surface area contributed by atoms with Gasteiger partial charge in [0.05, 0.1) is 6.61 Å². The largest absolute Gasteiger partial charge is 0.466 e. The molecule has 0 bridgehead atoms. The van der Waals surface area contributed by atoms with Gasteiger partial charge in [-0.1, -0.05) is 12.2 Å². The van der Waals surface area contributed by atoms with Crippen LogP contribution in [0.5, 0.6) is 0 Å². The second kappa shape index (κ2) is 8.12. The highest BCUT2D eigenvalue weighted by Crippen LogP contribution is 2.23. The number of halogens is 1. The number of carbonyl (C=O) groups excluding carboxylic acids is 1. The zero-order chi connectivity index (χ0) is 14.3. The third-order valence-corrected chi connectivity index (χ3v) is 3.32. The van der Waals surface area contributed by atoms with Crippen LogP contribution in [-0.2, 0) is 9.53 Å². The Bertz CT molecular complexity index is 466. The highest BCUT2D eigenvalue weighted by Gasteiger charge is 2.04. The van der Waals surface area contributed by atoms with Crippen molar-refractivity contribution in [1.29, 1.82) is 0 Å². The molecule has 0 aliphatic rings. The van der Waals surface area contributed by atoms with Gasteiger partial charge in [-0.3, -0.25) is 4.79 Å². The molecule has 0 spiro atoms. The molecule has 0 aliphatic heterocycles. The average Bonchev–Trinajstić information content (AvgIpc) is 2.36. The molecule has 0 saturated heterocycles. The zero-order valence-corrected chi connectivity index (χ0v) is 13.1. The maximum Gasteiger partial charge on any atom is 0.305 e. The topological polar surface area (TPSA) is 64.3 Å². The molecule has 0 heterocycles. The van der Waals surface area contributed by atoms with Crippen LogP contribution in [0.3, 0.4) is 0 Å². The molecule has 0 aliphatic carbocycles. The first-order valence-electron chi connectivity index (χ1n) is 6.03. The van der Waals surface area contributed by atoms with E-state index in [0.29, 0.717) is 24.6 Å². The zero-order valence-electron chi connectivity index (χ0n) is 10.7. The quantitative estimate of drug-likeness (QED) is 0.452. The Morgan fingerprint density at radius 2 is 2.26 bits per heavy atom. The molecule has 0 fully saturated rings. The lowest BCUT2D eigenvalue weighted by molar-refractivity contribution is -0.143. The molecule has 1 aromatic rings. The predicted molar refractivity (Wildman–Crippen MR) is 84.4 cm³/mol. The molecular formula is C13H17BrN2O2S. The number of benzene rings is 1. The van der Waals surface area contributed by atoms with Gasteiger partial charge in [-0.15, -0.1) is 0 Å². The van der Waals surface area contributed by atoms with Crippen molar-refractivity contribution < 1.29 is 9.53 Å². The highest BCUT2D eigenvalue weighted by molar-refractivity contribution is 9.10. The second-order valence-corrected chi connectivity index (χ2v) is 5.19. The van der Waals surface area contributed by atoms with E-state index in [-0.39, 0.29) is 5.97 Å². The van der Waals surface area contributed by atoms with Crippen molar-refractivity contribution in [2.24, 2.45) is 5.73 Å². The summed E-state index contributed by atoms with van der Waals surface area (Å²) in [6.45, 7) is 2.93. The van der Waals surface area contributed by atoms with Gasteiger partial charge in [-0.2, -0.15) is 0 Å². The van der Waals surface area contributed by atoms with Crippen LogP contribution in [0.1, 0.15) is 25.3 Å². The van der Waals surface area contributed by atoms with E-state index in [0.717, 1.165) is 22.1 Å². The summed E-state index contributed by atoms with van der Waals surface area (Å²) in [5.74, 6) is -0.160. The summed E-state index contributed by atoms with van der Waals surface area (Å²) in [6, 6.07) is 5.64. The van der Waals surface area contributed by atoms with Gasteiger partial charge in [0.1, 0.15) is 4.99 Å². The first-order valence-corrected chi connectivity index (χ1v) is 7.23. The van der Waals surface area contributed by atoms with Crippen LogP contribution in [0.4, 0.5) is 5.69 Å². The number of rotatable bonds is 7. The fraction of sp³-hybridized carbons (Fsp3) is 0.385. The molecule has 0 atom stereocenters. The van der Waals surface area contributed by atoms with Gasteiger partial charge in [-0.05, 0) is 47.5 Å². The summed E-state index contributed by atoms with van der Waals surface area (Å²) in [7, 11) is 0. The summed E-state index contributed by atoms with van der Waals surface area (Å²) in [6.07, 6.45) is 1.14. The Balaban J connectivity index is 2.41. The van der Waals surface area contributed by atoms with Crippen LogP contribution in [0.15, 0.2) is 22.7 Å². The summed E-state index contributed by atoms with van der Waals surface area (Å²) in [5, 5.41) is 3.24. The van der Waals surface area contributed by atoms with E-state index in [2.05, 4.69) is 21.2 Å². The maximum absolute atomic E-state index is 11.2. The minimum atomic E-state index is -0.160. The Morgan fingerprint density at radius 3 is 2.84 bits per heavy atom. The number of hydrogen-bond donors (Lipinski definition) is 2. The Labute approximate surface area is 126 Å². The van der Waals surface area contributed by atoms with Crippen LogP contribution < -0.4 is 11.1 Å². The van der Waals surface area contributed by atoms with E-state index in [9.17, 15) is 4.79 Å². The van der Waals surface area contributed by atoms with E-state index in [1.807, 2.05) is 18.2 Å². The smallest absolute Gasteiger partial charge is 0.305 e. The first-order chi connectivity index (χ1) is 9.04. The normalized spacial score (nSPS) is 10.0. The molecule has 0 amide bonds. The van der Waals surface area contributed by atoms with Gasteiger partial charge in [0.2, 0.25) is 0 Å². The van der Waals surface area contributed by atoms with Crippen molar-refractivity contribution in [3.05, 3.63) is 28.2 Å². The number of hydrogen-bond acceptors (Lipinski definition) is 4. The van der Waals surface area contributed by atoms with Gasteiger partial charge in [0.15, 0.2) is 0 Å². The van der Waals surface area contributed by atoms with E-state index in [4.69, 9.17) is 22.7 Å². The molecule has 6 heteroatoms. The molecule has 0 radical (unpaired) electrons. The van der Waals surface area contributed by atoms with Gasteiger partial charge >= 0.3 is 5.97 Å². The average molecular weight is 345 g/mol. The fourth-order valence-corrected chi connectivity index (χ4v) is 2.15. The molecule has 1 rings (SSSR count). The Kier molecular flexibility index (Phi) is 6.80. The van der Waals surface area contributed by atoms with Crippen molar-refractivity contribution in [2.45, 2.75) is 19.8 Å². The summed E-state index contributed by atoms with van der Waals surface area (Å²) in [4.78, 5) is 11.5. The number of nitrogens with one attached hydrogen (secondary N) is 1. The minimum Gasteiger partial charge on any atom is -0.466 e. The third kappa shape index (κ3) is 5.57. The molecular weight excluding hydrogens is 328 g/mol. The van der Waals surface area contributed by atoms with Crippen LogP contribution in [0.25, 0.3) is 0 Å². The second-order valence-electron chi connectivity index (χ2n) is 3.89. The number of thiocarbonyl (C=S) groups is 1. The van der Waals surface area contributed by atoms with E-state index >= 15 is 0 Å².